The van der Waals surface area contributed by atoms with Gasteiger partial charge in [0.1, 0.15) is 11.4 Å². The maximum atomic E-state index is 13.7. The van der Waals surface area contributed by atoms with Crippen molar-refractivity contribution in [3.8, 4) is 5.69 Å². The second-order valence-corrected chi connectivity index (χ2v) is 10.2. The number of nitrogens with zero attached hydrogens (tertiary/aromatic N) is 3. The molecule has 2 aromatic heterocycles. The number of carbonyl (C=O) groups excluding carboxylic acids is 3. The number of rotatable bonds is 7. The number of amides is 2. The van der Waals surface area contributed by atoms with Gasteiger partial charge < -0.3 is 15.0 Å². The van der Waals surface area contributed by atoms with Crippen LogP contribution in [-0.2, 0) is 16.1 Å². The van der Waals surface area contributed by atoms with Crippen LogP contribution in [0.2, 0.25) is 5.02 Å². The summed E-state index contributed by atoms with van der Waals surface area (Å²) >= 11 is 6.97. The molecule has 39 heavy (non-hydrogen) atoms. The molecule has 0 spiro atoms. The molecule has 0 bridgehead atoms. The molecular formula is C27H25ClN4O6S. The second-order valence-electron chi connectivity index (χ2n) is 8.74. The van der Waals surface area contributed by atoms with Crippen molar-refractivity contribution >= 4 is 56.6 Å². The van der Waals surface area contributed by atoms with Crippen molar-refractivity contribution in [3.05, 3.63) is 90.4 Å². The lowest BCUT2D eigenvalue weighted by Crippen LogP contribution is -2.40. The number of nitrogens with one attached hydrogen (secondary N) is 1. The van der Waals surface area contributed by atoms with Gasteiger partial charge in [0.05, 0.1) is 33.8 Å². The summed E-state index contributed by atoms with van der Waals surface area (Å²) < 4.78 is 7.16. The molecule has 0 unspecified atom stereocenters. The van der Waals surface area contributed by atoms with E-state index >= 15 is 0 Å². The molecular weight excluding hydrogens is 544 g/mol. The molecule has 0 aliphatic rings. The van der Waals surface area contributed by atoms with Crippen molar-refractivity contribution in [1.82, 2.24) is 14.0 Å². The van der Waals surface area contributed by atoms with Gasteiger partial charge in [-0.15, -0.1) is 11.3 Å². The molecule has 0 radical (unpaired) electrons. The Morgan fingerprint density at radius 1 is 1.05 bits per heavy atom. The van der Waals surface area contributed by atoms with Crippen molar-refractivity contribution in [2.45, 2.75) is 20.4 Å². The number of benzene rings is 2. The zero-order chi connectivity index (χ0) is 28.4. The first-order valence-electron chi connectivity index (χ1n) is 11.9. The molecule has 10 nitrogen and oxygen atoms in total. The molecule has 4 rings (SSSR count). The molecule has 2 aromatic carbocycles. The lowest BCUT2D eigenvalue weighted by molar-refractivity contribution is -0.116. The normalized spacial score (nSPS) is 10.9. The average Bonchev–Trinajstić information content (AvgIpc) is 3.24. The monoisotopic (exact) mass is 568 g/mol. The topological polar surface area (TPSA) is 120 Å². The van der Waals surface area contributed by atoms with Gasteiger partial charge in [0.15, 0.2) is 0 Å². The zero-order valence-corrected chi connectivity index (χ0v) is 23.2. The Hall–Kier alpha value is -4.22. The van der Waals surface area contributed by atoms with Gasteiger partial charge in [-0.2, -0.15) is 0 Å². The third-order valence-corrected chi connectivity index (χ3v) is 7.45. The Labute approximate surface area is 232 Å². The van der Waals surface area contributed by atoms with Crippen molar-refractivity contribution < 1.29 is 19.1 Å². The lowest BCUT2D eigenvalue weighted by Gasteiger charge is -2.14. The van der Waals surface area contributed by atoms with Crippen molar-refractivity contribution in [3.63, 3.8) is 0 Å². The Morgan fingerprint density at radius 3 is 2.36 bits per heavy atom. The van der Waals surface area contributed by atoms with Crippen LogP contribution in [0.5, 0.6) is 0 Å². The highest BCUT2D eigenvalue weighted by atomic mass is 35.5. The van der Waals surface area contributed by atoms with E-state index in [-0.39, 0.29) is 44.5 Å². The quantitative estimate of drug-likeness (QED) is 0.340. The van der Waals surface area contributed by atoms with Gasteiger partial charge >= 0.3 is 11.7 Å². The van der Waals surface area contributed by atoms with Crippen molar-refractivity contribution in [2.24, 2.45) is 0 Å². The summed E-state index contributed by atoms with van der Waals surface area (Å²) in [6, 6.07) is 12.5. The molecule has 0 aliphatic carbocycles. The number of thiophene rings is 1. The summed E-state index contributed by atoms with van der Waals surface area (Å²) in [6.45, 7) is 2.97. The molecule has 4 aromatic rings. The minimum absolute atomic E-state index is 0.152. The second kappa shape index (κ2) is 11.3. The number of anilines is 1. The van der Waals surface area contributed by atoms with Gasteiger partial charge in [-0.05, 0) is 55.8 Å². The predicted molar refractivity (Wildman–Crippen MR) is 150 cm³/mol. The first-order valence-corrected chi connectivity index (χ1v) is 13.1. The van der Waals surface area contributed by atoms with Crippen LogP contribution in [0.15, 0.2) is 58.1 Å². The van der Waals surface area contributed by atoms with E-state index in [4.69, 9.17) is 16.3 Å². The van der Waals surface area contributed by atoms with E-state index in [9.17, 15) is 24.0 Å². The average molecular weight is 569 g/mol. The summed E-state index contributed by atoms with van der Waals surface area (Å²) in [5.41, 5.74) is -0.362. The Kier molecular flexibility index (Phi) is 8.03. The van der Waals surface area contributed by atoms with Crippen LogP contribution in [0.3, 0.4) is 0 Å². The fraction of sp³-hybridized carbons (Fsp3) is 0.222. The van der Waals surface area contributed by atoms with E-state index in [1.807, 2.05) is 0 Å². The largest absolute Gasteiger partial charge is 0.462 e. The summed E-state index contributed by atoms with van der Waals surface area (Å²) in [7, 11) is 3.17. The summed E-state index contributed by atoms with van der Waals surface area (Å²) in [5, 5.41) is 3.23. The van der Waals surface area contributed by atoms with E-state index in [0.29, 0.717) is 10.6 Å². The highest BCUT2D eigenvalue weighted by molar-refractivity contribution is 7.20. The third-order valence-electron chi connectivity index (χ3n) is 5.90. The van der Waals surface area contributed by atoms with Crippen LogP contribution >= 0.6 is 22.9 Å². The molecule has 202 valence electrons. The maximum absolute atomic E-state index is 13.7. The smallest absolute Gasteiger partial charge is 0.340 e. The van der Waals surface area contributed by atoms with Gasteiger partial charge in [0.25, 0.3) is 11.5 Å². The van der Waals surface area contributed by atoms with Crippen molar-refractivity contribution in [2.75, 3.05) is 26.0 Å². The highest BCUT2D eigenvalue weighted by Crippen LogP contribution is 2.29. The molecule has 0 saturated heterocycles. The van der Waals surface area contributed by atoms with Crippen molar-refractivity contribution in [1.29, 1.82) is 0 Å². The summed E-state index contributed by atoms with van der Waals surface area (Å²) in [5.74, 6) is -1.56. The Morgan fingerprint density at radius 2 is 1.72 bits per heavy atom. The van der Waals surface area contributed by atoms with Gasteiger partial charge in [0, 0.05) is 19.1 Å². The third kappa shape index (κ3) is 5.36. The Bertz CT molecular complexity index is 1720. The molecule has 0 fully saturated rings. The number of aromatic nitrogens is 2. The molecule has 0 aliphatic heterocycles. The van der Waals surface area contributed by atoms with E-state index in [1.165, 1.54) is 35.2 Å². The van der Waals surface area contributed by atoms with Crippen LogP contribution in [0.4, 0.5) is 5.69 Å². The molecule has 2 amide bonds. The number of fused-ring (bicyclic) bond motifs is 1. The van der Waals surface area contributed by atoms with E-state index in [0.717, 1.165) is 20.5 Å². The number of ether oxygens (including phenoxy) is 1. The molecule has 12 heteroatoms. The standard InChI is InChI=1S/C27H25ClN4O6S/c1-5-38-26(36)18-8-6-7-9-19(18)29-20(33)14-31-25-21(15(2)22(39-25)24(35)30(3)4)23(34)32(27(31)37)17-12-10-16(28)11-13-17/h6-13H,5,14H2,1-4H3,(H,29,33). The fourth-order valence-electron chi connectivity index (χ4n) is 4.02. The van der Waals surface area contributed by atoms with E-state index in [1.54, 1.807) is 46.1 Å². The first kappa shape index (κ1) is 27.8. The van der Waals surface area contributed by atoms with E-state index < -0.39 is 29.7 Å². The molecule has 2 heterocycles. The van der Waals surface area contributed by atoms with Crippen LogP contribution in [-0.4, -0.2) is 52.5 Å². The number of aryl methyl sites for hydroxylation is 1. The number of hydrogen-bond donors (Lipinski definition) is 1. The number of carbonyl (C=O) groups is 3. The summed E-state index contributed by atoms with van der Waals surface area (Å²) in [4.78, 5) is 67.6. The van der Waals surface area contributed by atoms with Gasteiger partial charge in [-0.1, -0.05) is 23.7 Å². The molecule has 0 saturated carbocycles. The van der Waals surface area contributed by atoms with Gasteiger partial charge in [-0.25, -0.2) is 14.2 Å². The van der Waals surface area contributed by atoms with Crippen LogP contribution in [0.25, 0.3) is 15.9 Å². The molecule has 1 N–H and O–H groups in total. The Balaban J connectivity index is 1.88. The zero-order valence-electron chi connectivity index (χ0n) is 21.6. The summed E-state index contributed by atoms with van der Waals surface area (Å²) in [6.07, 6.45) is 0. The van der Waals surface area contributed by atoms with E-state index in [2.05, 4.69) is 5.32 Å². The minimum Gasteiger partial charge on any atom is -0.462 e. The minimum atomic E-state index is -0.770. The maximum Gasteiger partial charge on any atom is 0.340 e. The predicted octanol–water partition coefficient (Wildman–Crippen LogP) is 3.69. The molecule has 0 atom stereocenters. The number of halogens is 1. The van der Waals surface area contributed by atoms with Crippen LogP contribution in [0, 0.1) is 6.92 Å². The van der Waals surface area contributed by atoms with Crippen LogP contribution < -0.4 is 16.6 Å². The fourth-order valence-corrected chi connectivity index (χ4v) is 5.46. The highest BCUT2D eigenvalue weighted by Gasteiger charge is 2.25. The SMILES string of the molecule is CCOC(=O)c1ccccc1NC(=O)Cn1c(=O)n(-c2ccc(Cl)cc2)c(=O)c2c(C)c(C(=O)N(C)C)sc21. The van der Waals surface area contributed by atoms with Gasteiger partial charge in [0.2, 0.25) is 5.91 Å². The van der Waals surface area contributed by atoms with Gasteiger partial charge in [-0.3, -0.25) is 19.0 Å². The number of hydrogen-bond acceptors (Lipinski definition) is 7. The number of esters is 1. The lowest BCUT2D eigenvalue weighted by atomic mass is 10.2. The first-order chi connectivity index (χ1) is 18.5. The van der Waals surface area contributed by atoms with Crippen LogP contribution in [0.1, 0.15) is 32.5 Å². The number of para-hydroxylation sites is 1.